The third kappa shape index (κ3) is 4.71. The topological polar surface area (TPSA) is 112 Å². The maximum absolute atomic E-state index is 12.5. The minimum absolute atomic E-state index is 0.0729. The zero-order valence-electron chi connectivity index (χ0n) is 16.8. The maximum Gasteiger partial charge on any atom is 0.343 e. The van der Waals surface area contributed by atoms with Gasteiger partial charge in [-0.25, -0.2) is 9.59 Å². The number of hydrogen-bond donors (Lipinski definition) is 1. The van der Waals surface area contributed by atoms with Gasteiger partial charge in [0.1, 0.15) is 23.2 Å². The van der Waals surface area contributed by atoms with E-state index >= 15 is 0 Å². The van der Waals surface area contributed by atoms with E-state index in [1.165, 1.54) is 0 Å². The van der Waals surface area contributed by atoms with E-state index in [1.807, 2.05) is 6.07 Å². The number of nitriles is 1. The second-order valence-electron chi connectivity index (χ2n) is 6.58. The van der Waals surface area contributed by atoms with Crippen molar-refractivity contribution in [3.05, 3.63) is 87.5 Å². The van der Waals surface area contributed by atoms with Crippen molar-refractivity contribution in [2.75, 3.05) is 6.61 Å². The molecule has 2 aromatic carbocycles. The van der Waals surface area contributed by atoms with E-state index in [2.05, 4.69) is 0 Å². The molecule has 0 saturated heterocycles. The van der Waals surface area contributed by atoms with Crippen LogP contribution in [-0.4, -0.2) is 18.5 Å². The number of halogens is 1. The first-order valence-electron chi connectivity index (χ1n) is 9.38. The van der Waals surface area contributed by atoms with Crippen molar-refractivity contribution >= 4 is 23.5 Å². The molecule has 8 heteroatoms. The molecule has 1 aliphatic heterocycles. The van der Waals surface area contributed by atoms with E-state index in [0.717, 1.165) is 0 Å². The van der Waals surface area contributed by atoms with E-state index in [9.17, 15) is 14.9 Å². The molecule has 2 aromatic rings. The first-order valence-corrected chi connectivity index (χ1v) is 9.76. The van der Waals surface area contributed by atoms with E-state index in [0.29, 0.717) is 21.9 Å². The Kier molecular flexibility index (Phi) is 6.63. The van der Waals surface area contributed by atoms with Gasteiger partial charge in [-0.05, 0) is 55.8 Å². The lowest BCUT2D eigenvalue weighted by Gasteiger charge is -2.26. The van der Waals surface area contributed by atoms with Crippen LogP contribution in [0, 0.1) is 11.3 Å². The van der Waals surface area contributed by atoms with Crippen LogP contribution >= 0.6 is 11.6 Å². The van der Waals surface area contributed by atoms with Gasteiger partial charge in [-0.3, -0.25) is 0 Å². The number of carbonyl (C=O) groups excluding carboxylic acids is 2. The first-order chi connectivity index (χ1) is 14.8. The number of ether oxygens (including phenoxy) is 3. The average molecular weight is 439 g/mol. The third-order valence-electron chi connectivity index (χ3n) is 4.60. The molecule has 31 heavy (non-hydrogen) atoms. The number of benzene rings is 2. The van der Waals surface area contributed by atoms with Gasteiger partial charge < -0.3 is 19.9 Å². The second kappa shape index (κ2) is 9.37. The Morgan fingerprint density at radius 3 is 2.35 bits per heavy atom. The summed E-state index contributed by atoms with van der Waals surface area (Å²) in [6.07, 6.45) is 0. The van der Waals surface area contributed by atoms with Crippen molar-refractivity contribution in [2.24, 2.45) is 5.73 Å². The number of allylic oxidation sites excluding steroid dienone is 2. The highest BCUT2D eigenvalue weighted by molar-refractivity contribution is 6.30. The summed E-state index contributed by atoms with van der Waals surface area (Å²) in [5.74, 6) is -1.42. The molecule has 1 atom stereocenters. The SMILES string of the molecule is CCOC(=O)C1=C(C)OC(N)=C(C#N)C1c1ccc(OC(=O)c2ccc(Cl)cc2)cc1. The summed E-state index contributed by atoms with van der Waals surface area (Å²) in [4.78, 5) is 24.8. The van der Waals surface area contributed by atoms with Gasteiger partial charge in [0.05, 0.1) is 23.7 Å². The van der Waals surface area contributed by atoms with Gasteiger partial charge in [-0.1, -0.05) is 23.7 Å². The highest BCUT2D eigenvalue weighted by Crippen LogP contribution is 2.40. The lowest BCUT2D eigenvalue weighted by molar-refractivity contribution is -0.139. The molecule has 3 rings (SSSR count). The summed E-state index contributed by atoms with van der Waals surface area (Å²) in [5, 5.41) is 10.1. The molecule has 0 saturated carbocycles. The summed E-state index contributed by atoms with van der Waals surface area (Å²) in [6.45, 7) is 3.44. The minimum atomic E-state index is -0.765. The Morgan fingerprint density at radius 1 is 1.13 bits per heavy atom. The molecule has 0 fully saturated rings. The Balaban J connectivity index is 1.90. The summed E-state index contributed by atoms with van der Waals surface area (Å²) in [7, 11) is 0. The van der Waals surface area contributed by atoms with Crippen molar-refractivity contribution in [1.29, 1.82) is 5.26 Å². The summed E-state index contributed by atoms with van der Waals surface area (Å²) >= 11 is 5.83. The van der Waals surface area contributed by atoms with Crippen molar-refractivity contribution < 1.29 is 23.8 Å². The molecule has 2 N–H and O–H groups in total. The summed E-state index contributed by atoms with van der Waals surface area (Å²) in [6, 6.07) is 14.8. The van der Waals surface area contributed by atoms with Crippen LogP contribution in [-0.2, 0) is 14.3 Å². The van der Waals surface area contributed by atoms with Gasteiger partial charge in [0, 0.05) is 5.02 Å². The fraction of sp³-hybridized carbons (Fsp3) is 0.174. The third-order valence-corrected chi connectivity index (χ3v) is 4.86. The molecule has 158 valence electrons. The van der Waals surface area contributed by atoms with Crippen LogP contribution in [0.15, 0.2) is 71.3 Å². The Hall–Kier alpha value is -3.76. The van der Waals surface area contributed by atoms with Crippen LogP contribution < -0.4 is 10.5 Å². The molecule has 1 aliphatic rings. The highest BCUT2D eigenvalue weighted by Gasteiger charge is 2.36. The van der Waals surface area contributed by atoms with Crippen molar-refractivity contribution in [2.45, 2.75) is 19.8 Å². The van der Waals surface area contributed by atoms with Crippen LogP contribution in [0.2, 0.25) is 5.02 Å². The molecule has 0 amide bonds. The zero-order chi connectivity index (χ0) is 22.5. The Bertz CT molecular complexity index is 1110. The van der Waals surface area contributed by atoms with Gasteiger partial charge in [-0.15, -0.1) is 0 Å². The second-order valence-corrected chi connectivity index (χ2v) is 7.02. The van der Waals surface area contributed by atoms with Gasteiger partial charge >= 0.3 is 11.9 Å². The van der Waals surface area contributed by atoms with Gasteiger partial charge in [0.15, 0.2) is 0 Å². The number of esters is 2. The predicted molar refractivity (Wildman–Crippen MR) is 113 cm³/mol. The smallest absolute Gasteiger partial charge is 0.343 e. The molecular weight excluding hydrogens is 420 g/mol. The van der Waals surface area contributed by atoms with E-state index in [1.54, 1.807) is 62.4 Å². The molecule has 0 spiro atoms. The van der Waals surface area contributed by atoms with E-state index in [-0.39, 0.29) is 29.4 Å². The quantitative estimate of drug-likeness (QED) is 0.549. The van der Waals surface area contributed by atoms with E-state index < -0.39 is 17.9 Å². The molecule has 1 unspecified atom stereocenters. The van der Waals surface area contributed by atoms with Crippen LogP contribution in [0.4, 0.5) is 0 Å². The van der Waals surface area contributed by atoms with Crippen LogP contribution in [0.1, 0.15) is 35.7 Å². The molecule has 0 radical (unpaired) electrons. The summed E-state index contributed by atoms with van der Waals surface area (Å²) in [5.41, 5.74) is 7.12. The van der Waals surface area contributed by atoms with Crippen LogP contribution in [0.25, 0.3) is 0 Å². The standard InChI is InChI=1S/C23H19ClN2O5/c1-3-29-23(28)19-13(2)30-21(26)18(12-25)20(19)14-6-10-17(11-7-14)31-22(27)15-4-8-16(24)9-5-15/h4-11,20H,3,26H2,1-2H3. The lowest BCUT2D eigenvalue weighted by Crippen LogP contribution is -2.25. The van der Waals surface area contributed by atoms with Gasteiger partial charge in [0.25, 0.3) is 0 Å². The average Bonchev–Trinajstić information content (AvgIpc) is 2.74. The van der Waals surface area contributed by atoms with Crippen molar-refractivity contribution in [3.8, 4) is 11.8 Å². The first kappa shape index (κ1) is 21.9. The van der Waals surface area contributed by atoms with E-state index in [4.69, 9.17) is 31.5 Å². The monoisotopic (exact) mass is 438 g/mol. The largest absolute Gasteiger partial charge is 0.463 e. The fourth-order valence-corrected chi connectivity index (χ4v) is 3.29. The highest BCUT2D eigenvalue weighted by atomic mass is 35.5. The number of nitrogens with zero attached hydrogens (tertiary/aromatic N) is 1. The number of rotatable bonds is 5. The minimum Gasteiger partial charge on any atom is -0.463 e. The Morgan fingerprint density at radius 2 is 1.77 bits per heavy atom. The molecule has 7 nitrogen and oxygen atoms in total. The number of nitrogens with two attached hydrogens (primary N) is 1. The zero-order valence-corrected chi connectivity index (χ0v) is 17.6. The molecule has 0 bridgehead atoms. The van der Waals surface area contributed by atoms with Crippen molar-refractivity contribution in [1.82, 2.24) is 0 Å². The van der Waals surface area contributed by atoms with Crippen LogP contribution in [0.3, 0.4) is 0 Å². The van der Waals surface area contributed by atoms with Gasteiger partial charge in [-0.2, -0.15) is 5.26 Å². The predicted octanol–water partition coefficient (Wildman–Crippen LogP) is 4.20. The van der Waals surface area contributed by atoms with Gasteiger partial charge in [0.2, 0.25) is 5.88 Å². The Labute approximate surface area is 184 Å². The van der Waals surface area contributed by atoms with Crippen molar-refractivity contribution in [3.63, 3.8) is 0 Å². The molecule has 1 heterocycles. The summed E-state index contributed by atoms with van der Waals surface area (Å²) < 4.78 is 15.9. The normalized spacial score (nSPS) is 15.7. The molecule has 0 aromatic heterocycles. The number of hydrogen-bond acceptors (Lipinski definition) is 7. The fourth-order valence-electron chi connectivity index (χ4n) is 3.17. The maximum atomic E-state index is 12.5. The lowest BCUT2D eigenvalue weighted by atomic mass is 9.83. The number of carbonyl (C=O) groups is 2. The van der Waals surface area contributed by atoms with Crippen LogP contribution in [0.5, 0.6) is 5.75 Å². The molecular formula is C23H19ClN2O5. The molecule has 0 aliphatic carbocycles.